The summed E-state index contributed by atoms with van der Waals surface area (Å²) >= 11 is 0. The number of hydrogen-bond acceptors (Lipinski definition) is 8. The van der Waals surface area contributed by atoms with Crippen LogP contribution in [0, 0.1) is 5.92 Å². The van der Waals surface area contributed by atoms with E-state index >= 15 is 0 Å². The Morgan fingerprint density at radius 1 is 0.848 bits per heavy atom. The highest BCUT2D eigenvalue weighted by Gasteiger charge is 2.30. The molecule has 4 atom stereocenters. The van der Waals surface area contributed by atoms with E-state index in [1.165, 1.54) is 12.1 Å². The maximum absolute atomic E-state index is 12.6. The van der Waals surface area contributed by atoms with Crippen LogP contribution in [0.2, 0.25) is 0 Å². The number of hydrogen-bond donors (Lipinski definition) is 8. The van der Waals surface area contributed by atoms with Crippen LogP contribution in [-0.4, -0.2) is 81.5 Å². The molecule has 0 radical (unpaired) electrons. The SMILES string of the molecule is CC(C)CC(NC(=O)C(CO)NC(=O)C(N)Cc1ccc(O)cc1)C(=O)NC(CO)C(=O)O. The van der Waals surface area contributed by atoms with Crippen molar-refractivity contribution < 1.29 is 39.6 Å². The highest BCUT2D eigenvalue weighted by atomic mass is 16.4. The Hall–Kier alpha value is -3.22. The van der Waals surface area contributed by atoms with E-state index in [0.29, 0.717) is 5.56 Å². The number of phenols is 1. The number of aliphatic hydroxyl groups is 2. The van der Waals surface area contributed by atoms with Gasteiger partial charge in [0.15, 0.2) is 0 Å². The van der Waals surface area contributed by atoms with E-state index in [1.807, 2.05) is 0 Å². The molecular formula is C21H32N4O8. The van der Waals surface area contributed by atoms with Gasteiger partial charge in [0.1, 0.15) is 23.9 Å². The second-order valence-corrected chi connectivity index (χ2v) is 7.99. The predicted octanol–water partition coefficient (Wildman–Crippen LogP) is -2.17. The lowest BCUT2D eigenvalue weighted by Crippen LogP contribution is -2.58. The van der Waals surface area contributed by atoms with Gasteiger partial charge >= 0.3 is 5.97 Å². The third-order valence-electron chi connectivity index (χ3n) is 4.68. The van der Waals surface area contributed by atoms with Crippen LogP contribution in [0.15, 0.2) is 24.3 Å². The average molecular weight is 469 g/mol. The van der Waals surface area contributed by atoms with E-state index in [-0.39, 0.29) is 24.5 Å². The van der Waals surface area contributed by atoms with Gasteiger partial charge in [0, 0.05) is 0 Å². The van der Waals surface area contributed by atoms with Crippen LogP contribution in [0.4, 0.5) is 0 Å². The number of rotatable bonds is 13. The summed E-state index contributed by atoms with van der Waals surface area (Å²) in [7, 11) is 0. The number of amides is 3. The zero-order chi connectivity index (χ0) is 25.1. The minimum atomic E-state index is -1.55. The summed E-state index contributed by atoms with van der Waals surface area (Å²) in [5, 5.41) is 43.8. The van der Waals surface area contributed by atoms with Crippen molar-refractivity contribution in [1.29, 1.82) is 0 Å². The average Bonchev–Trinajstić information content (AvgIpc) is 2.75. The molecule has 0 aromatic heterocycles. The first-order valence-corrected chi connectivity index (χ1v) is 10.4. The van der Waals surface area contributed by atoms with Crippen LogP contribution in [0.1, 0.15) is 25.8 Å². The standard InChI is InChI=1S/C21H32N4O8/c1-11(2)7-15(19(30)25-17(10-27)21(32)33)23-20(31)16(9-26)24-18(29)14(22)8-12-3-5-13(28)6-4-12/h3-6,11,14-17,26-28H,7-10,22H2,1-2H3,(H,23,31)(H,24,29)(H,25,30)(H,32,33). The largest absolute Gasteiger partial charge is 0.508 e. The quantitative estimate of drug-likeness (QED) is 0.158. The zero-order valence-electron chi connectivity index (χ0n) is 18.5. The highest BCUT2D eigenvalue weighted by molar-refractivity contribution is 5.94. The molecule has 0 aliphatic rings. The molecule has 12 heteroatoms. The Balaban J connectivity index is 2.80. The molecule has 33 heavy (non-hydrogen) atoms. The van der Waals surface area contributed by atoms with E-state index in [0.717, 1.165) is 0 Å². The molecular weight excluding hydrogens is 436 g/mol. The second-order valence-electron chi connectivity index (χ2n) is 7.99. The van der Waals surface area contributed by atoms with Gasteiger partial charge in [-0.3, -0.25) is 14.4 Å². The topological polar surface area (TPSA) is 211 Å². The van der Waals surface area contributed by atoms with Gasteiger partial charge in [-0.1, -0.05) is 26.0 Å². The van der Waals surface area contributed by atoms with Crippen molar-refractivity contribution >= 4 is 23.7 Å². The fourth-order valence-corrected chi connectivity index (χ4v) is 2.88. The summed E-state index contributed by atoms with van der Waals surface area (Å²) in [6.45, 7) is 1.95. The lowest BCUT2D eigenvalue weighted by molar-refractivity contribution is -0.143. The predicted molar refractivity (Wildman–Crippen MR) is 117 cm³/mol. The summed E-state index contributed by atoms with van der Waals surface area (Å²) in [5.74, 6) is -3.86. The molecule has 0 fully saturated rings. The molecule has 0 heterocycles. The molecule has 12 nitrogen and oxygen atoms in total. The summed E-state index contributed by atoms with van der Waals surface area (Å²) < 4.78 is 0. The van der Waals surface area contributed by atoms with Crippen molar-refractivity contribution in [2.75, 3.05) is 13.2 Å². The minimum absolute atomic E-state index is 0.0578. The van der Waals surface area contributed by atoms with Crippen LogP contribution in [0.3, 0.4) is 0 Å². The number of aromatic hydroxyl groups is 1. The van der Waals surface area contributed by atoms with Crippen molar-refractivity contribution in [3.8, 4) is 5.75 Å². The molecule has 0 saturated heterocycles. The van der Waals surface area contributed by atoms with E-state index in [9.17, 15) is 29.4 Å². The number of carbonyl (C=O) groups excluding carboxylic acids is 3. The lowest BCUT2D eigenvalue weighted by Gasteiger charge is -2.25. The molecule has 9 N–H and O–H groups in total. The number of phenolic OH excluding ortho intramolecular Hbond substituents is 1. The Labute approximate surface area is 191 Å². The van der Waals surface area contributed by atoms with E-state index in [1.54, 1.807) is 26.0 Å². The van der Waals surface area contributed by atoms with Crippen LogP contribution in [0.5, 0.6) is 5.75 Å². The minimum Gasteiger partial charge on any atom is -0.508 e. The Morgan fingerprint density at radius 2 is 1.33 bits per heavy atom. The monoisotopic (exact) mass is 468 g/mol. The first kappa shape index (κ1) is 27.8. The molecule has 0 saturated carbocycles. The van der Waals surface area contributed by atoms with Crippen molar-refractivity contribution in [2.24, 2.45) is 11.7 Å². The van der Waals surface area contributed by atoms with Crippen molar-refractivity contribution in [1.82, 2.24) is 16.0 Å². The molecule has 0 aliphatic carbocycles. The second kappa shape index (κ2) is 13.4. The third kappa shape index (κ3) is 9.43. The van der Waals surface area contributed by atoms with Crippen LogP contribution in [0.25, 0.3) is 0 Å². The van der Waals surface area contributed by atoms with Gasteiger partial charge in [-0.05, 0) is 36.5 Å². The van der Waals surface area contributed by atoms with Gasteiger partial charge < -0.3 is 42.1 Å². The maximum atomic E-state index is 12.6. The normalized spacial score (nSPS) is 14.6. The fraction of sp³-hybridized carbons (Fsp3) is 0.524. The van der Waals surface area contributed by atoms with Crippen molar-refractivity contribution in [2.45, 2.75) is 50.9 Å². The highest BCUT2D eigenvalue weighted by Crippen LogP contribution is 2.11. The van der Waals surface area contributed by atoms with E-state index in [4.69, 9.17) is 15.9 Å². The number of aliphatic hydroxyl groups excluding tert-OH is 2. The number of nitrogens with one attached hydrogen (secondary N) is 3. The van der Waals surface area contributed by atoms with Crippen LogP contribution < -0.4 is 21.7 Å². The number of carboxylic acid groups (broad SMARTS) is 1. The van der Waals surface area contributed by atoms with Gasteiger partial charge in [0.25, 0.3) is 0 Å². The maximum Gasteiger partial charge on any atom is 0.328 e. The molecule has 1 aromatic carbocycles. The van der Waals surface area contributed by atoms with E-state index < -0.39 is 61.1 Å². The van der Waals surface area contributed by atoms with Gasteiger partial charge in [-0.25, -0.2) is 4.79 Å². The van der Waals surface area contributed by atoms with Crippen LogP contribution >= 0.6 is 0 Å². The third-order valence-corrected chi connectivity index (χ3v) is 4.68. The van der Waals surface area contributed by atoms with E-state index in [2.05, 4.69) is 16.0 Å². The smallest absolute Gasteiger partial charge is 0.328 e. The summed E-state index contributed by atoms with van der Waals surface area (Å²) in [5.41, 5.74) is 6.55. The Bertz CT molecular complexity index is 815. The van der Waals surface area contributed by atoms with Gasteiger partial charge in [-0.15, -0.1) is 0 Å². The molecule has 0 bridgehead atoms. The summed E-state index contributed by atoms with van der Waals surface area (Å²) in [4.78, 5) is 48.5. The Morgan fingerprint density at radius 3 is 1.82 bits per heavy atom. The summed E-state index contributed by atoms with van der Waals surface area (Å²) in [6, 6.07) is 0.893. The molecule has 4 unspecified atom stereocenters. The molecule has 1 aromatic rings. The number of nitrogens with two attached hydrogens (primary N) is 1. The molecule has 1 rings (SSSR count). The summed E-state index contributed by atoms with van der Waals surface area (Å²) in [6.07, 6.45) is 0.254. The zero-order valence-corrected chi connectivity index (χ0v) is 18.5. The fourth-order valence-electron chi connectivity index (χ4n) is 2.88. The molecule has 184 valence electrons. The number of benzene rings is 1. The van der Waals surface area contributed by atoms with Gasteiger partial charge in [0.2, 0.25) is 17.7 Å². The van der Waals surface area contributed by atoms with Crippen LogP contribution in [-0.2, 0) is 25.6 Å². The first-order valence-electron chi connectivity index (χ1n) is 10.4. The van der Waals surface area contributed by atoms with Crippen molar-refractivity contribution in [3.05, 3.63) is 29.8 Å². The lowest BCUT2D eigenvalue weighted by atomic mass is 10.0. The van der Waals surface area contributed by atoms with Crippen molar-refractivity contribution in [3.63, 3.8) is 0 Å². The number of carboxylic acids is 1. The molecule has 0 spiro atoms. The molecule has 0 aliphatic heterocycles. The molecule has 3 amide bonds. The number of carbonyl (C=O) groups is 4. The first-order chi connectivity index (χ1) is 15.5. The van der Waals surface area contributed by atoms with Gasteiger partial charge in [0.05, 0.1) is 19.3 Å². The number of aliphatic carboxylic acids is 1. The van der Waals surface area contributed by atoms with Gasteiger partial charge in [-0.2, -0.15) is 0 Å². The Kier molecular flexibility index (Phi) is 11.3.